The van der Waals surface area contributed by atoms with Crippen molar-refractivity contribution in [2.24, 2.45) is 11.1 Å². The summed E-state index contributed by atoms with van der Waals surface area (Å²) in [5.74, 6) is 2.69. The van der Waals surface area contributed by atoms with Crippen LogP contribution in [0.3, 0.4) is 0 Å². The zero-order valence-corrected chi connectivity index (χ0v) is 20.1. The van der Waals surface area contributed by atoms with Crippen LogP contribution in [0.5, 0.6) is 11.5 Å². The van der Waals surface area contributed by atoms with Crippen LogP contribution in [0.2, 0.25) is 5.02 Å². The minimum atomic E-state index is -0.666. The molecular formula is C25H28ClN3O4. The molecule has 0 radical (unpaired) electrons. The number of hydrogen-bond acceptors (Lipinski definition) is 7. The smallest absolute Gasteiger partial charge is 0.181 e. The molecule has 0 spiro atoms. The van der Waals surface area contributed by atoms with Gasteiger partial charge in [-0.3, -0.25) is 4.79 Å². The van der Waals surface area contributed by atoms with Crippen molar-refractivity contribution < 1.29 is 19.0 Å². The second-order valence-electron chi connectivity index (χ2n) is 8.82. The maximum Gasteiger partial charge on any atom is 0.181 e. The van der Waals surface area contributed by atoms with Gasteiger partial charge in [-0.25, -0.2) is 0 Å². The predicted molar refractivity (Wildman–Crippen MR) is 126 cm³/mol. The van der Waals surface area contributed by atoms with Gasteiger partial charge in [0.1, 0.15) is 12.4 Å². The minimum absolute atomic E-state index is 0.0170. The van der Waals surface area contributed by atoms with E-state index in [1.807, 2.05) is 4.90 Å². The number of halogens is 1. The first kappa shape index (κ1) is 24.5. The number of nitriles is 1. The minimum Gasteiger partial charge on any atom is -0.493 e. The van der Waals surface area contributed by atoms with Gasteiger partial charge in [0.15, 0.2) is 17.3 Å². The van der Waals surface area contributed by atoms with Crippen molar-refractivity contribution in [3.63, 3.8) is 0 Å². The van der Waals surface area contributed by atoms with E-state index in [0.29, 0.717) is 54.4 Å². The molecule has 0 fully saturated rings. The summed E-state index contributed by atoms with van der Waals surface area (Å²) >= 11 is 6.52. The van der Waals surface area contributed by atoms with Crippen LogP contribution in [0.15, 0.2) is 34.8 Å². The normalized spacial score (nSPS) is 19.7. The molecule has 1 heterocycles. The summed E-state index contributed by atoms with van der Waals surface area (Å²) < 4.78 is 16.3. The van der Waals surface area contributed by atoms with Crippen molar-refractivity contribution in [1.82, 2.24) is 4.90 Å². The van der Waals surface area contributed by atoms with Crippen molar-refractivity contribution in [3.05, 3.63) is 45.4 Å². The van der Waals surface area contributed by atoms with Crippen molar-refractivity contribution in [2.75, 3.05) is 34.0 Å². The van der Waals surface area contributed by atoms with Gasteiger partial charge in [0.2, 0.25) is 0 Å². The second kappa shape index (κ2) is 9.79. The van der Waals surface area contributed by atoms with E-state index in [2.05, 4.69) is 25.8 Å². The largest absolute Gasteiger partial charge is 0.493 e. The Balaban J connectivity index is 2.24. The molecule has 1 aromatic carbocycles. The lowest BCUT2D eigenvalue weighted by Crippen LogP contribution is -2.43. The maximum absolute atomic E-state index is 13.5. The lowest BCUT2D eigenvalue weighted by atomic mass is 9.68. The van der Waals surface area contributed by atoms with Crippen molar-refractivity contribution >= 4 is 17.4 Å². The fourth-order valence-corrected chi connectivity index (χ4v) is 4.78. The first-order chi connectivity index (χ1) is 15.7. The molecule has 1 aromatic rings. The Morgan fingerprint density at radius 2 is 2.06 bits per heavy atom. The topological polar surface area (TPSA) is 97.8 Å². The third kappa shape index (κ3) is 4.66. The van der Waals surface area contributed by atoms with E-state index in [-0.39, 0.29) is 28.4 Å². The summed E-state index contributed by atoms with van der Waals surface area (Å²) in [6, 6.07) is 5.62. The highest BCUT2D eigenvalue weighted by atomic mass is 35.5. The number of nitrogens with two attached hydrogens (primary N) is 1. The standard InChI is InChI=1S/C25H28ClN3O4/c1-6-8-33-23-17(26)10-15(11-20(23)32-5)21-16(14-27)24(28)29(7-9-31-4)18-12-25(2,3)13-19(30)22(18)21/h1,10-11,21H,7-9,12-13,28H2,2-5H3/t21-/m0/s1. The number of carbonyl (C=O) groups is 1. The molecule has 1 atom stereocenters. The number of carbonyl (C=O) groups excluding carboxylic acids is 1. The molecular weight excluding hydrogens is 442 g/mol. The highest BCUT2D eigenvalue weighted by molar-refractivity contribution is 6.32. The van der Waals surface area contributed by atoms with Gasteiger partial charge >= 0.3 is 0 Å². The number of benzene rings is 1. The van der Waals surface area contributed by atoms with E-state index in [9.17, 15) is 10.1 Å². The second-order valence-corrected chi connectivity index (χ2v) is 9.22. The molecule has 33 heavy (non-hydrogen) atoms. The van der Waals surface area contributed by atoms with Crippen LogP contribution in [0.4, 0.5) is 0 Å². The van der Waals surface area contributed by atoms with Crippen molar-refractivity contribution in [1.29, 1.82) is 5.26 Å². The Bertz CT molecular complexity index is 1110. The maximum atomic E-state index is 13.5. The van der Waals surface area contributed by atoms with Crippen LogP contribution in [0, 0.1) is 29.1 Å². The first-order valence-corrected chi connectivity index (χ1v) is 10.9. The molecule has 2 N–H and O–H groups in total. The van der Waals surface area contributed by atoms with Crippen LogP contribution < -0.4 is 15.2 Å². The monoisotopic (exact) mass is 469 g/mol. The van der Waals surface area contributed by atoms with E-state index in [1.165, 1.54) is 7.11 Å². The summed E-state index contributed by atoms with van der Waals surface area (Å²) in [6.07, 6.45) is 6.31. The molecule has 1 aliphatic carbocycles. The lowest BCUT2D eigenvalue weighted by Gasteiger charge is -2.43. The number of ketones is 1. The van der Waals surface area contributed by atoms with Crippen LogP contribution in [0.25, 0.3) is 0 Å². The zero-order chi connectivity index (χ0) is 24.3. The van der Waals surface area contributed by atoms with Crippen LogP contribution in [-0.4, -0.2) is 44.7 Å². The Morgan fingerprint density at radius 3 is 2.67 bits per heavy atom. The first-order valence-electron chi connectivity index (χ1n) is 10.5. The molecule has 8 heteroatoms. The predicted octanol–water partition coefficient (Wildman–Crippen LogP) is 3.74. The molecule has 1 aliphatic heterocycles. The van der Waals surface area contributed by atoms with E-state index in [4.69, 9.17) is 38.0 Å². The molecule has 174 valence electrons. The van der Waals surface area contributed by atoms with E-state index in [1.54, 1.807) is 19.2 Å². The number of ether oxygens (including phenoxy) is 3. The van der Waals surface area contributed by atoms with Crippen molar-refractivity contribution in [3.8, 4) is 29.9 Å². The Labute approximate surface area is 199 Å². The van der Waals surface area contributed by atoms with E-state index in [0.717, 1.165) is 5.70 Å². The molecule has 0 saturated heterocycles. The summed E-state index contributed by atoms with van der Waals surface area (Å²) in [7, 11) is 3.08. The number of nitrogens with zero attached hydrogens (tertiary/aromatic N) is 2. The van der Waals surface area contributed by atoms with Gasteiger partial charge in [0.05, 0.1) is 36.3 Å². The van der Waals surface area contributed by atoms with Gasteiger partial charge in [-0.2, -0.15) is 5.26 Å². The average molecular weight is 470 g/mol. The SMILES string of the molecule is C#CCOc1c(Cl)cc([C@H]2C(C#N)=C(N)N(CCOC)C3=C2C(=O)CC(C)(C)C3)cc1OC. The molecule has 0 unspecified atom stereocenters. The Hall–Kier alpha value is -3.13. The van der Waals surface area contributed by atoms with E-state index >= 15 is 0 Å². The third-order valence-electron chi connectivity index (χ3n) is 5.89. The average Bonchev–Trinajstić information content (AvgIpc) is 2.75. The summed E-state index contributed by atoms with van der Waals surface area (Å²) in [5.41, 5.74) is 8.57. The Morgan fingerprint density at radius 1 is 1.33 bits per heavy atom. The molecule has 0 aromatic heterocycles. The third-order valence-corrected chi connectivity index (χ3v) is 6.17. The van der Waals surface area contributed by atoms with Gasteiger partial charge < -0.3 is 24.8 Å². The Kier molecular flexibility index (Phi) is 7.27. The van der Waals surface area contributed by atoms with Crippen LogP contribution in [-0.2, 0) is 9.53 Å². The van der Waals surface area contributed by atoms with E-state index < -0.39 is 5.92 Å². The fourth-order valence-electron chi connectivity index (χ4n) is 4.51. The molecule has 0 saturated carbocycles. The number of terminal acetylenes is 1. The van der Waals surface area contributed by atoms with Gasteiger partial charge in [0, 0.05) is 31.3 Å². The molecule has 3 rings (SSSR count). The van der Waals surface area contributed by atoms with Crippen LogP contribution >= 0.6 is 11.6 Å². The van der Waals surface area contributed by atoms with Gasteiger partial charge in [-0.15, -0.1) is 6.42 Å². The van der Waals surface area contributed by atoms with Crippen LogP contribution in [0.1, 0.15) is 38.2 Å². The molecule has 0 bridgehead atoms. The number of methoxy groups -OCH3 is 2. The zero-order valence-electron chi connectivity index (χ0n) is 19.3. The number of Topliss-reactive ketones (excluding diaryl/α,β-unsaturated/α-hetero) is 1. The van der Waals surface area contributed by atoms with Crippen molar-refractivity contribution in [2.45, 2.75) is 32.6 Å². The quantitative estimate of drug-likeness (QED) is 0.607. The summed E-state index contributed by atoms with van der Waals surface area (Å²) in [4.78, 5) is 15.3. The molecule has 7 nitrogen and oxygen atoms in total. The van der Waals surface area contributed by atoms with Gasteiger partial charge in [-0.1, -0.05) is 31.4 Å². The van der Waals surface area contributed by atoms with Gasteiger partial charge in [0.25, 0.3) is 0 Å². The fraction of sp³-hybridized carbons (Fsp3) is 0.440. The highest BCUT2D eigenvalue weighted by Crippen LogP contribution is 2.50. The number of allylic oxidation sites excluding steroid dienone is 3. The van der Waals surface area contributed by atoms with Gasteiger partial charge in [-0.05, 0) is 29.5 Å². The highest BCUT2D eigenvalue weighted by Gasteiger charge is 2.44. The number of hydrogen-bond donors (Lipinski definition) is 1. The molecule has 0 amide bonds. The number of rotatable bonds is 7. The summed E-state index contributed by atoms with van der Waals surface area (Å²) in [5, 5.41) is 10.4. The summed E-state index contributed by atoms with van der Waals surface area (Å²) in [6.45, 7) is 4.96. The lowest BCUT2D eigenvalue weighted by molar-refractivity contribution is -0.118. The molecule has 2 aliphatic rings.